The first-order valence-electron chi connectivity index (χ1n) is 3.25. The highest BCUT2D eigenvalue weighted by atomic mass is 16.6. The molecule has 0 rings (SSSR count). The van der Waals surface area contributed by atoms with Gasteiger partial charge in [-0.1, -0.05) is 0 Å². The molecule has 11 heavy (non-hydrogen) atoms. The minimum atomic E-state index is -0.257. The van der Waals surface area contributed by atoms with Gasteiger partial charge in [-0.05, 0) is 0 Å². The normalized spacial score (nSPS) is 8.91. The molecule has 5 heteroatoms. The Morgan fingerprint density at radius 2 is 1.91 bits per heavy atom. The molecule has 64 valence electrons. The van der Waals surface area contributed by atoms with E-state index in [9.17, 15) is 9.59 Å². The van der Waals surface area contributed by atoms with Gasteiger partial charge in [0.25, 0.3) is 0 Å². The minimum absolute atomic E-state index is 0.114. The standard InChI is InChI=1S/C6H12N2O3/c1-5(9)7-3-4-11-8-6(2)10/h3-4H2,1-2H3,(H,7,9)(H,8,10). The molecule has 0 aliphatic carbocycles. The van der Waals surface area contributed by atoms with E-state index >= 15 is 0 Å². The second kappa shape index (κ2) is 5.67. The molecule has 0 fully saturated rings. The molecule has 0 saturated carbocycles. The van der Waals surface area contributed by atoms with E-state index in [1.807, 2.05) is 0 Å². The van der Waals surface area contributed by atoms with Gasteiger partial charge in [0.1, 0.15) is 0 Å². The van der Waals surface area contributed by atoms with Crippen LogP contribution in [0.3, 0.4) is 0 Å². The molecule has 5 nitrogen and oxygen atoms in total. The van der Waals surface area contributed by atoms with Crippen LogP contribution in [0.5, 0.6) is 0 Å². The third-order valence-corrected chi connectivity index (χ3v) is 0.794. The summed E-state index contributed by atoms with van der Waals surface area (Å²) in [4.78, 5) is 25.1. The summed E-state index contributed by atoms with van der Waals surface area (Å²) in [5, 5.41) is 2.50. The van der Waals surface area contributed by atoms with Crippen molar-refractivity contribution in [1.29, 1.82) is 0 Å². The molecule has 0 aliphatic heterocycles. The summed E-state index contributed by atoms with van der Waals surface area (Å²) in [7, 11) is 0. The Morgan fingerprint density at radius 1 is 1.27 bits per heavy atom. The summed E-state index contributed by atoms with van der Waals surface area (Å²) in [6.07, 6.45) is 0. The molecule has 0 aromatic rings. The average Bonchev–Trinajstić information content (AvgIpc) is 1.85. The van der Waals surface area contributed by atoms with Gasteiger partial charge in [-0.3, -0.25) is 14.4 Å². The van der Waals surface area contributed by atoms with E-state index in [2.05, 4.69) is 15.6 Å². The van der Waals surface area contributed by atoms with Gasteiger partial charge in [-0.25, -0.2) is 5.48 Å². The van der Waals surface area contributed by atoms with Gasteiger partial charge in [-0.2, -0.15) is 0 Å². The predicted molar refractivity (Wildman–Crippen MR) is 38.5 cm³/mol. The monoisotopic (exact) mass is 160 g/mol. The van der Waals surface area contributed by atoms with Crippen molar-refractivity contribution in [1.82, 2.24) is 10.8 Å². The Bertz CT molecular complexity index is 131. The predicted octanol–water partition coefficient (Wildman–Crippen LogP) is -0.810. The largest absolute Gasteiger partial charge is 0.354 e. The maximum atomic E-state index is 10.3. The lowest BCUT2D eigenvalue weighted by Crippen LogP contribution is -2.29. The van der Waals surface area contributed by atoms with Crippen LogP contribution in [-0.4, -0.2) is 25.0 Å². The van der Waals surface area contributed by atoms with E-state index in [4.69, 9.17) is 0 Å². The van der Waals surface area contributed by atoms with Crippen molar-refractivity contribution in [3.8, 4) is 0 Å². The number of carbonyl (C=O) groups is 2. The fraction of sp³-hybridized carbons (Fsp3) is 0.667. The minimum Gasteiger partial charge on any atom is -0.354 e. The molecule has 0 saturated heterocycles. The van der Waals surface area contributed by atoms with Crippen molar-refractivity contribution >= 4 is 11.8 Å². The molecule has 0 spiro atoms. The number of hydrogen-bond donors (Lipinski definition) is 2. The highest BCUT2D eigenvalue weighted by Gasteiger charge is 1.91. The van der Waals surface area contributed by atoms with Crippen LogP contribution in [0.4, 0.5) is 0 Å². The summed E-state index contributed by atoms with van der Waals surface area (Å²) in [5.74, 6) is -0.371. The lowest BCUT2D eigenvalue weighted by Gasteiger charge is -2.02. The summed E-state index contributed by atoms with van der Waals surface area (Å²) in [5.41, 5.74) is 2.13. The van der Waals surface area contributed by atoms with Gasteiger partial charge in [-0.15, -0.1) is 0 Å². The van der Waals surface area contributed by atoms with E-state index in [0.717, 1.165) is 0 Å². The van der Waals surface area contributed by atoms with Crippen LogP contribution in [-0.2, 0) is 14.4 Å². The van der Waals surface area contributed by atoms with Crippen LogP contribution in [0, 0.1) is 0 Å². The molecule has 0 atom stereocenters. The molecule has 0 radical (unpaired) electrons. The maximum Gasteiger partial charge on any atom is 0.240 e. The average molecular weight is 160 g/mol. The van der Waals surface area contributed by atoms with Gasteiger partial charge in [0, 0.05) is 20.4 Å². The highest BCUT2D eigenvalue weighted by molar-refractivity contribution is 5.72. The highest BCUT2D eigenvalue weighted by Crippen LogP contribution is 1.67. The topological polar surface area (TPSA) is 67.4 Å². The van der Waals surface area contributed by atoms with Crippen LogP contribution in [0.1, 0.15) is 13.8 Å². The van der Waals surface area contributed by atoms with Crippen LogP contribution < -0.4 is 10.8 Å². The smallest absolute Gasteiger partial charge is 0.240 e. The number of carbonyl (C=O) groups excluding carboxylic acids is 2. The van der Waals surface area contributed by atoms with E-state index < -0.39 is 0 Å². The van der Waals surface area contributed by atoms with Crippen molar-refractivity contribution in [3.63, 3.8) is 0 Å². The molecular formula is C6H12N2O3. The molecule has 0 heterocycles. The van der Waals surface area contributed by atoms with Crippen molar-refractivity contribution in [2.24, 2.45) is 0 Å². The van der Waals surface area contributed by atoms with Crippen molar-refractivity contribution in [2.45, 2.75) is 13.8 Å². The number of hydrogen-bond acceptors (Lipinski definition) is 3. The first-order valence-corrected chi connectivity index (χ1v) is 3.25. The lowest BCUT2D eigenvalue weighted by molar-refractivity contribution is -0.131. The van der Waals surface area contributed by atoms with Crippen LogP contribution in [0.2, 0.25) is 0 Å². The third-order valence-electron chi connectivity index (χ3n) is 0.794. The fourth-order valence-electron chi connectivity index (χ4n) is 0.431. The van der Waals surface area contributed by atoms with Gasteiger partial charge in [0.15, 0.2) is 0 Å². The van der Waals surface area contributed by atoms with Gasteiger partial charge in [0.2, 0.25) is 11.8 Å². The number of amides is 2. The summed E-state index contributed by atoms with van der Waals surface area (Å²) < 4.78 is 0. The van der Waals surface area contributed by atoms with Crippen LogP contribution in [0.15, 0.2) is 0 Å². The second-order valence-electron chi connectivity index (χ2n) is 1.99. The first-order chi connectivity index (χ1) is 5.13. The fourth-order valence-corrected chi connectivity index (χ4v) is 0.431. The first kappa shape index (κ1) is 9.90. The zero-order valence-electron chi connectivity index (χ0n) is 6.64. The van der Waals surface area contributed by atoms with Crippen LogP contribution in [0.25, 0.3) is 0 Å². The lowest BCUT2D eigenvalue weighted by atomic mass is 10.6. The molecular weight excluding hydrogens is 148 g/mol. The van der Waals surface area contributed by atoms with E-state index in [0.29, 0.717) is 6.54 Å². The molecule has 2 N–H and O–H groups in total. The number of hydroxylamine groups is 1. The Morgan fingerprint density at radius 3 is 2.36 bits per heavy atom. The van der Waals surface area contributed by atoms with E-state index in [1.54, 1.807) is 0 Å². The molecule has 0 aliphatic rings. The Kier molecular flexibility index (Phi) is 5.10. The van der Waals surface area contributed by atoms with E-state index in [1.165, 1.54) is 13.8 Å². The molecule has 0 aromatic carbocycles. The van der Waals surface area contributed by atoms with Crippen molar-refractivity contribution < 1.29 is 14.4 Å². The van der Waals surface area contributed by atoms with E-state index in [-0.39, 0.29) is 18.4 Å². The Hall–Kier alpha value is -1.10. The van der Waals surface area contributed by atoms with Gasteiger partial charge >= 0.3 is 0 Å². The van der Waals surface area contributed by atoms with Gasteiger partial charge in [0.05, 0.1) is 6.61 Å². The summed E-state index contributed by atoms with van der Waals surface area (Å²) >= 11 is 0. The number of rotatable bonds is 4. The van der Waals surface area contributed by atoms with Crippen molar-refractivity contribution in [3.05, 3.63) is 0 Å². The summed E-state index contributed by atoms with van der Waals surface area (Å²) in [6.45, 7) is 3.44. The Labute approximate surface area is 65.1 Å². The second-order valence-corrected chi connectivity index (χ2v) is 1.99. The SMILES string of the molecule is CC(=O)NCCONC(C)=O. The zero-order chi connectivity index (χ0) is 8.69. The molecule has 0 unspecified atom stereocenters. The molecule has 2 amide bonds. The molecule has 0 aromatic heterocycles. The Balaban J connectivity index is 3.03. The van der Waals surface area contributed by atoms with Crippen LogP contribution >= 0.6 is 0 Å². The zero-order valence-corrected chi connectivity index (χ0v) is 6.64. The third kappa shape index (κ3) is 8.90. The maximum absolute atomic E-state index is 10.3. The van der Waals surface area contributed by atoms with Gasteiger partial charge < -0.3 is 5.32 Å². The van der Waals surface area contributed by atoms with Crippen molar-refractivity contribution in [2.75, 3.05) is 13.2 Å². The summed E-state index contributed by atoms with van der Waals surface area (Å²) in [6, 6.07) is 0. The quantitative estimate of drug-likeness (QED) is 0.417. The number of nitrogens with one attached hydrogen (secondary N) is 2. The molecule has 0 bridgehead atoms.